The van der Waals surface area contributed by atoms with Gasteiger partial charge in [0.15, 0.2) is 0 Å². The van der Waals surface area contributed by atoms with Gasteiger partial charge in [0.1, 0.15) is 6.07 Å². The third-order valence-electron chi connectivity index (χ3n) is 1.61. The zero-order chi connectivity index (χ0) is 9.68. The van der Waals surface area contributed by atoms with E-state index in [2.05, 4.69) is 5.32 Å². The fourth-order valence-corrected chi connectivity index (χ4v) is 0.963. The summed E-state index contributed by atoms with van der Waals surface area (Å²) in [5.74, 6) is 0. The van der Waals surface area contributed by atoms with Gasteiger partial charge in [-0.15, -0.1) is 12.4 Å². The molecule has 1 aromatic rings. The predicted molar refractivity (Wildman–Crippen MR) is 58.4 cm³/mol. The number of nitrogens with zero attached hydrogens (tertiary/aromatic N) is 1. The maximum Gasteiger partial charge on any atom is 0.101 e. The molecule has 1 rings (SSSR count). The summed E-state index contributed by atoms with van der Waals surface area (Å²) >= 11 is 0. The zero-order valence-corrected chi connectivity index (χ0v) is 8.34. The summed E-state index contributed by atoms with van der Waals surface area (Å²) in [6.45, 7) is 0.529. The Labute approximate surface area is 88.8 Å². The molecule has 0 unspecified atom stereocenters. The fourth-order valence-electron chi connectivity index (χ4n) is 0.963. The van der Waals surface area contributed by atoms with Crippen LogP contribution < -0.4 is 11.1 Å². The van der Waals surface area contributed by atoms with Gasteiger partial charge in [-0.25, -0.2) is 0 Å². The smallest absolute Gasteiger partial charge is 0.101 e. The van der Waals surface area contributed by atoms with Gasteiger partial charge in [-0.05, 0) is 18.2 Å². The monoisotopic (exact) mass is 213 g/mol. The molecule has 0 atom stereocenters. The van der Waals surface area contributed by atoms with Gasteiger partial charge >= 0.3 is 0 Å². The van der Waals surface area contributed by atoms with E-state index in [0.29, 0.717) is 17.8 Å². The third kappa shape index (κ3) is 3.13. The van der Waals surface area contributed by atoms with E-state index < -0.39 is 0 Å². The Bertz CT molecular complexity index is 335. The first kappa shape index (κ1) is 12.6. The van der Waals surface area contributed by atoms with Gasteiger partial charge in [-0.2, -0.15) is 5.26 Å². The van der Waals surface area contributed by atoms with Gasteiger partial charge < -0.3 is 16.2 Å². The highest BCUT2D eigenvalue weighted by molar-refractivity contribution is 5.85. The standard InChI is InChI=1S/C9H11N3O.ClH/c10-6-7-5-8(12-3-4-13)1-2-9(7)11;/h1-2,5,12-13H,3-4,11H2;1H. The molecule has 4 nitrogen and oxygen atoms in total. The van der Waals surface area contributed by atoms with Crippen molar-refractivity contribution in [2.24, 2.45) is 0 Å². The van der Waals surface area contributed by atoms with Crippen LogP contribution in [-0.4, -0.2) is 18.3 Å². The molecule has 1 aromatic carbocycles. The first-order valence-electron chi connectivity index (χ1n) is 3.92. The summed E-state index contributed by atoms with van der Waals surface area (Å²) in [5.41, 5.74) is 7.24. The van der Waals surface area contributed by atoms with E-state index in [1.165, 1.54) is 0 Å². The van der Waals surface area contributed by atoms with Crippen molar-refractivity contribution in [1.82, 2.24) is 0 Å². The topological polar surface area (TPSA) is 82.1 Å². The third-order valence-corrected chi connectivity index (χ3v) is 1.61. The summed E-state index contributed by atoms with van der Waals surface area (Å²) in [7, 11) is 0. The lowest BCUT2D eigenvalue weighted by molar-refractivity contribution is 0.311. The highest BCUT2D eigenvalue weighted by Crippen LogP contribution is 2.16. The zero-order valence-electron chi connectivity index (χ0n) is 7.53. The van der Waals surface area contributed by atoms with Crippen LogP contribution in [0.25, 0.3) is 0 Å². The van der Waals surface area contributed by atoms with Gasteiger partial charge in [0.2, 0.25) is 0 Å². The Morgan fingerprint density at radius 2 is 2.21 bits per heavy atom. The van der Waals surface area contributed by atoms with Crippen molar-refractivity contribution in [3.63, 3.8) is 0 Å². The van der Waals surface area contributed by atoms with Gasteiger partial charge in [0.25, 0.3) is 0 Å². The molecule has 4 N–H and O–H groups in total. The van der Waals surface area contributed by atoms with Crippen LogP contribution in [0, 0.1) is 11.3 Å². The molecule has 0 amide bonds. The molecule has 0 aliphatic heterocycles. The van der Waals surface area contributed by atoms with Gasteiger partial charge in [0, 0.05) is 17.9 Å². The average Bonchev–Trinajstić information content (AvgIpc) is 2.16. The number of benzene rings is 1. The predicted octanol–water partition coefficient (Wildman–Crippen LogP) is 0.966. The fraction of sp³-hybridized carbons (Fsp3) is 0.222. The average molecular weight is 214 g/mol. The number of aliphatic hydroxyl groups is 1. The van der Waals surface area contributed by atoms with Crippen molar-refractivity contribution in [1.29, 1.82) is 5.26 Å². The summed E-state index contributed by atoms with van der Waals surface area (Å²) in [6.07, 6.45) is 0. The van der Waals surface area contributed by atoms with Crippen LogP contribution in [0.1, 0.15) is 5.56 Å². The Morgan fingerprint density at radius 3 is 2.79 bits per heavy atom. The van der Waals surface area contributed by atoms with Crippen LogP contribution in [-0.2, 0) is 0 Å². The molecule has 5 heteroatoms. The molecule has 0 fully saturated rings. The molecule has 0 spiro atoms. The number of hydrogen-bond acceptors (Lipinski definition) is 4. The maximum atomic E-state index is 8.66. The van der Waals surface area contributed by atoms with Crippen molar-refractivity contribution in [2.45, 2.75) is 0 Å². The normalized spacial score (nSPS) is 8.57. The molecule has 14 heavy (non-hydrogen) atoms. The van der Waals surface area contributed by atoms with Crippen LogP contribution >= 0.6 is 12.4 Å². The van der Waals surface area contributed by atoms with Crippen LogP contribution in [0.5, 0.6) is 0 Å². The summed E-state index contributed by atoms with van der Waals surface area (Å²) < 4.78 is 0. The number of anilines is 2. The lowest BCUT2D eigenvalue weighted by Gasteiger charge is -2.05. The lowest BCUT2D eigenvalue weighted by Crippen LogP contribution is -2.05. The maximum absolute atomic E-state index is 8.66. The van der Waals surface area contributed by atoms with E-state index >= 15 is 0 Å². The number of hydrogen-bond donors (Lipinski definition) is 3. The van der Waals surface area contributed by atoms with E-state index in [1.807, 2.05) is 6.07 Å². The minimum atomic E-state index is 0. The molecule has 0 radical (unpaired) electrons. The second-order valence-corrected chi connectivity index (χ2v) is 2.56. The van der Waals surface area contributed by atoms with Crippen molar-refractivity contribution in [3.8, 4) is 6.07 Å². The summed E-state index contributed by atoms with van der Waals surface area (Å²) in [4.78, 5) is 0. The van der Waals surface area contributed by atoms with E-state index in [-0.39, 0.29) is 19.0 Å². The highest BCUT2D eigenvalue weighted by Gasteiger charge is 1.98. The Balaban J connectivity index is 0.00000169. The van der Waals surface area contributed by atoms with E-state index in [9.17, 15) is 0 Å². The SMILES string of the molecule is Cl.N#Cc1cc(NCCO)ccc1N. The van der Waals surface area contributed by atoms with Crippen molar-refractivity contribution < 1.29 is 5.11 Å². The van der Waals surface area contributed by atoms with E-state index in [1.54, 1.807) is 18.2 Å². The molecule has 0 aliphatic rings. The molecule has 0 saturated heterocycles. The van der Waals surface area contributed by atoms with E-state index in [0.717, 1.165) is 5.69 Å². The lowest BCUT2D eigenvalue weighted by atomic mass is 10.2. The summed E-state index contributed by atoms with van der Waals surface area (Å²) in [5, 5.41) is 20.2. The largest absolute Gasteiger partial charge is 0.398 e. The minimum Gasteiger partial charge on any atom is -0.398 e. The van der Waals surface area contributed by atoms with Crippen molar-refractivity contribution in [2.75, 3.05) is 24.2 Å². The minimum absolute atomic E-state index is 0. The second kappa shape index (κ2) is 6.08. The van der Waals surface area contributed by atoms with E-state index in [4.69, 9.17) is 16.1 Å². The van der Waals surface area contributed by atoms with Crippen molar-refractivity contribution in [3.05, 3.63) is 23.8 Å². The van der Waals surface area contributed by atoms with Gasteiger partial charge in [-0.3, -0.25) is 0 Å². The summed E-state index contributed by atoms with van der Waals surface area (Å²) in [6, 6.07) is 7.08. The first-order chi connectivity index (χ1) is 6.27. The molecule has 0 aliphatic carbocycles. The Morgan fingerprint density at radius 1 is 1.50 bits per heavy atom. The molecule has 76 valence electrons. The number of nitrogen functional groups attached to an aromatic ring is 1. The quantitative estimate of drug-likeness (QED) is 0.654. The number of halogens is 1. The van der Waals surface area contributed by atoms with Crippen LogP contribution in [0.15, 0.2) is 18.2 Å². The van der Waals surface area contributed by atoms with Gasteiger partial charge in [-0.1, -0.05) is 0 Å². The van der Waals surface area contributed by atoms with Crippen molar-refractivity contribution >= 4 is 23.8 Å². The van der Waals surface area contributed by atoms with Gasteiger partial charge in [0.05, 0.1) is 12.2 Å². The Kier molecular flexibility index (Phi) is 5.46. The van der Waals surface area contributed by atoms with Crippen LogP contribution in [0.3, 0.4) is 0 Å². The molecular weight excluding hydrogens is 202 g/mol. The Hall–Kier alpha value is -1.44. The molecular formula is C9H12ClN3O. The number of nitriles is 1. The molecule has 0 saturated carbocycles. The van der Waals surface area contributed by atoms with Crippen LogP contribution in [0.2, 0.25) is 0 Å². The second-order valence-electron chi connectivity index (χ2n) is 2.56. The number of aliphatic hydroxyl groups excluding tert-OH is 1. The number of nitrogens with two attached hydrogens (primary N) is 1. The van der Waals surface area contributed by atoms with Crippen LogP contribution in [0.4, 0.5) is 11.4 Å². The molecule has 0 bridgehead atoms. The molecule has 0 heterocycles. The molecule has 0 aromatic heterocycles. The number of rotatable bonds is 3. The number of nitrogens with one attached hydrogen (secondary N) is 1. The first-order valence-corrected chi connectivity index (χ1v) is 3.92. The highest BCUT2D eigenvalue weighted by atomic mass is 35.5.